The Morgan fingerprint density at radius 1 is 1.39 bits per heavy atom. The molecule has 1 atom stereocenters. The highest BCUT2D eigenvalue weighted by Gasteiger charge is 2.13. The van der Waals surface area contributed by atoms with Crippen LogP contribution >= 0.6 is 22.9 Å². The third-order valence-corrected chi connectivity index (χ3v) is 4.05. The summed E-state index contributed by atoms with van der Waals surface area (Å²) in [5.41, 5.74) is 2.29. The van der Waals surface area contributed by atoms with Crippen molar-refractivity contribution in [3.8, 4) is 0 Å². The minimum Gasteiger partial charge on any atom is -0.313 e. The van der Waals surface area contributed by atoms with Crippen LogP contribution in [-0.2, 0) is 6.42 Å². The van der Waals surface area contributed by atoms with E-state index in [9.17, 15) is 4.39 Å². The van der Waals surface area contributed by atoms with E-state index >= 15 is 0 Å². The van der Waals surface area contributed by atoms with Crippen molar-refractivity contribution in [2.24, 2.45) is 0 Å². The van der Waals surface area contributed by atoms with Crippen molar-refractivity contribution in [3.63, 3.8) is 0 Å². The summed E-state index contributed by atoms with van der Waals surface area (Å²) in [5, 5.41) is 7.95. The molecule has 1 unspecified atom stereocenters. The molecule has 4 heteroatoms. The molecule has 0 aliphatic heterocycles. The first-order valence-electron chi connectivity index (χ1n) is 5.84. The Morgan fingerprint density at radius 3 is 2.83 bits per heavy atom. The van der Waals surface area contributed by atoms with Crippen molar-refractivity contribution >= 4 is 22.9 Å². The second-order valence-corrected chi connectivity index (χ2v) is 5.36. The molecular formula is C14H15ClFNS. The van der Waals surface area contributed by atoms with Crippen LogP contribution in [0.5, 0.6) is 0 Å². The van der Waals surface area contributed by atoms with Gasteiger partial charge in [0.25, 0.3) is 0 Å². The van der Waals surface area contributed by atoms with Crippen molar-refractivity contribution < 1.29 is 4.39 Å². The van der Waals surface area contributed by atoms with E-state index in [0.717, 1.165) is 18.4 Å². The Bertz CT molecular complexity index is 499. The van der Waals surface area contributed by atoms with Gasteiger partial charge in [0, 0.05) is 11.1 Å². The fraction of sp³-hybridized carbons (Fsp3) is 0.286. The summed E-state index contributed by atoms with van der Waals surface area (Å²) in [6, 6.07) is 6.86. The molecule has 0 fully saturated rings. The first-order chi connectivity index (χ1) is 8.70. The number of nitrogens with one attached hydrogen (secondary N) is 1. The van der Waals surface area contributed by atoms with Gasteiger partial charge in [-0.15, -0.1) is 0 Å². The largest absolute Gasteiger partial charge is 0.313 e. The van der Waals surface area contributed by atoms with Gasteiger partial charge in [0.1, 0.15) is 5.82 Å². The molecule has 0 spiro atoms. The number of thiophene rings is 1. The third-order valence-electron chi connectivity index (χ3n) is 2.99. The van der Waals surface area contributed by atoms with E-state index in [1.54, 1.807) is 17.4 Å². The molecule has 2 aromatic rings. The van der Waals surface area contributed by atoms with Crippen LogP contribution in [-0.4, -0.2) is 7.05 Å². The maximum atomic E-state index is 13.0. The minimum atomic E-state index is -0.295. The lowest BCUT2D eigenvalue weighted by molar-refractivity contribution is 0.547. The summed E-state index contributed by atoms with van der Waals surface area (Å²) in [6.45, 7) is 0. The number of hydrogen-bond donors (Lipinski definition) is 1. The summed E-state index contributed by atoms with van der Waals surface area (Å²) < 4.78 is 13.0. The number of benzene rings is 1. The molecule has 0 bridgehead atoms. The lowest BCUT2D eigenvalue weighted by Gasteiger charge is -2.17. The van der Waals surface area contributed by atoms with E-state index in [-0.39, 0.29) is 11.9 Å². The van der Waals surface area contributed by atoms with Gasteiger partial charge in [-0.2, -0.15) is 11.3 Å². The second kappa shape index (κ2) is 6.32. The van der Waals surface area contributed by atoms with Gasteiger partial charge in [-0.05, 0) is 60.0 Å². The topological polar surface area (TPSA) is 12.0 Å². The summed E-state index contributed by atoms with van der Waals surface area (Å²) in [7, 11) is 1.90. The van der Waals surface area contributed by atoms with Crippen LogP contribution in [0.25, 0.3) is 0 Å². The maximum Gasteiger partial charge on any atom is 0.124 e. The molecule has 1 heterocycles. The summed E-state index contributed by atoms with van der Waals surface area (Å²) >= 11 is 7.79. The van der Waals surface area contributed by atoms with Gasteiger partial charge < -0.3 is 5.32 Å². The van der Waals surface area contributed by atoms with Gasteiger partial charge in [0.05, 0.1) is 0 Å². The highest BCUT2D eigenvalue weighted by Crippen LogP contribution is 2.27. The Morgan fingerprint density at radius 2 is 2.22 bits per heavy atom. The molecule has 96 valence electrons. The van der Waals surface area contributed by atoms with E-state index in [4.69, 9.17) is 11.6 Å². The average Bonchev–Trinajstić information content (AvgIpc) is 2.85. The maximum absolute atomic E-state index is 13.0. The SMILES string of the molecule is CNC(CCc1ccsc1)c1ccc(F)cc1Cl. The molecule has 0 radical (unpaired) electrons. The van der Waals surface area contributed by atoms with Gasteiger partial charge in [-0.25, -0.2) is 4.39 Å². The monoisotopic (exact) mass is 283 g/mol. The Kier molecular flexibility index (Phi) is 4.75. The molecule has 0 aliphatic rings. The number of rotatable bonds is 5. The molecule has 0 saturated heterocycles. The van der Waals surface area contributed by atoms with E-state index in [0.29, 0.717) is 5.02 Å². The molecular weight excluding hydrogens is 269 g/mol. The van der Waals surface area contributed by atoms with Crippen LogP contribution < -0.4 is 5.32 Å². The van der Waals surface area contributed by atoms with Gasteiger partial charge in [-0.1, -0.05) is 17.7 Å². The highest BCUT2D eigenvalue weighted by atomic mass is 35.5. The van der Waals surface area contributed by atoms with Gasteiger partial charge in [0.15, 0.2) is 0 Å². The Labute approximate surface area is 116 Å². The zero-order valence-corrected chi connectivity index (χ0v) is 11.7. The average molecular weight is 284 g/mol. The summed E-state index contributed by atoms with van der Waals surface area (Å²) in [4.78, 5) is 0. The number of halogens is 2. The second-order valence-electron chi connectivity index (χ2n) is 4.18. The van der Waals surface area contributed by atoms with Crippen LogP contribution in [0.1, 0.15) is 23.6 Å². The summed E-state index contributed by atoms with van der Waals surface area (Å²) in [6.07, 6.45) is 1.93. The van der Waals surface area contributed by atoms with Crippen LogP contribution in [0.2, 0.25) is 5.02 Å². The quantitative estimate of drug-likeness (QED) is 0.856. The van der Waals surface area contributed by atoms with E-state index in [1.165, 1.54) is 17.7 Å². The molecule has 1 aromatic heterocycles. The van der Waals surface area contributed by atoms with E-state index < -0.39 is 0 Å². The minimum absolute atomic E-state index is 0.151. The van der Waals surface area contributed by atoms with Crippen molar-refractivity contribution in [2.45, 2.75) is 18.9 Å². The van der Waals surface area contributed by atoms with Crippen LogP contribution in [0.15, 0.2) is 35.0 Å². The van der Waals surface area contributed by atoms with Gasteiger partial charge in [-0.3, -0.25) is 0 Å². The smallest absolute Gasteiger partial charge is 0.124 e. The van der Waals surface area contributed by atoms with Crippen LogP contribution in [0, 0.1) is 5.82 Å². The fourth-order valence-electron chi connectivity index (χ4n) is 1.99. The zero-order chi connectivity index (χ0) is 13.0. The molecule has 0 aliphatic carbocycles. The van der Waals surface area contributed by atoms with Crippen LogP contribution in [0.4, 0.5) is 4.39 Å². The number of hydrogen-bond acceptors (Lipinski definition) is 2. The lowest BCUT2D eigenvalue weighted by Crippen LogP contribution is -2.17. The molecule has 2 rings (SSSR count). The predicted octanol–water partition coefficient (Wildman–Crippen LogP) is 4.43. The lowest BCUT2D eigenvalue weighted by atomic mass is 10.00. The molecule has 0 saturated carbocycles. The molecule has 1 nitrogen and oxygen atoms in total. The molecule has 0 amide bonds. The first kappa shape index (κ1) is 13.5. The van der Waals surface area contributed by atoms with Crippen molar-refractivity contribution in [1.29, 1.82) is 0 Å². The van der Waals surface area contributed by atoms with Gasteiger partial charge >= 0.3 is 0 Å². The molecule has 18 heavy (non-hydrogen) atoms. The normalized spacial score (nSPS) is 12.6. The van der Waals surface area contributed by atoms with Gasteiger partial charge in [0.2, 0.25) is 0 Å². The Balaban J connectivity index is 2.08. The first-order valence-corrected chi connectivity index (χ1v) is 7.16. The molecule has 1 N–H and O–H groups in total. The predicted molar refractivity (Wildman–Crippen MR) is 75.9 cm³/mol. The van der Waals surface area contributed by atoms with Crippen LogP contribution in [0.3, 0.4) is 0 Å². The summed E-state index contributed by atoms with van der Waals surface area (Å²) in [5.74, 6) is -0.295. The highest BCUT2D eigenvalue weighted by molar-refractivity contribution is 7.07. The van der Waals surface area contributed by atoms with E-state index in [1.807, 2.05) is 7.05 Å². The Hall–Kier alpha value is -0.900. The van der Waals surface area contributed by atoms with Crippen molar-refractivity contribution in [3.05, 3.63) is 57.0 Å². The van der Waals surface area contributed by atoms with Crippen molar-refractivity contribution in [1.82, 2.24) is 5.32 Å². The third kappa shape index (κ3) is 3.31. The zero-order valence-electron chi connectivity index (χ0n) is 10.1. The van der Waals surface area contributed by atoms with E-state index in [2.05, 4.69) is 22.1 Å². The van der Waals surface area contributed by atoms with Crippen molar-refractivity contribution in [2.75, 3.05) is 7.05 Å². The standard InChI is InChI=1S/C14H15ClFNS/c1-17-14(5-2-10-6-7-18-9-10)12-4-3-11(16)8-13(12)15/h3-4,6-9,14,17H,2,5H2,1H3. The molecule has 1 aromatic carbocycles. The number of aryl methyl sites for hydroxylation is 1. The fourth-order valence-corrected chi connectivity index (χ4v) is 2.99.